The Morgan fingerprint density at radius 3 is 2.61 bits per heavy atom. The minimum Gasteiger partial charge on any atom is -0.486 e. The zero-order chi connectivity index (χ0) is 13.0. The van der Waals surface area contributed by atoms with E-state index in [4.69, 9.17) is 21.4 Å². The van der Waals surface area contributed by atoms with E-state index in [-0.39, 0.29) is 19.0 Å². The third-order valence-corrected chi connectivity index (χ3v) is 2.70. The molecule has 18 heavy (non-hydrogen) atoms. The summed E-state index contributed by atoms with van der Waals surface area (Å²) in [6, 6.07) is 11.6. The summed E-state index contributed by atoms with van der Waals surface area (Å²) in [5.41, 5.74) is 1.38. The number of rotatable bonds is 4. The third kappa shape index (κ3) is 3.22. The van der Waals surface area contributed by atoms with E-state index in [9.17, 15) is 4.39 Å². The summed E-state index contributed by atoms with van der Waals surface area (Å²) in [5, 5.41) is 9.49. The maximum absolute atomic E-state index is 13.6. The predicted molar refractivity (Wildman–Crippen MR) is 68.1 cm³/mol. The Labute approximate surface area is 110 Å². The second kappa shape index (κ2) is 5.85. The van der Waals surface area contributed by atoms with E-state index in [0.717, 1.165) is 5.56 Å². The van der Waals surface area contributed by atoms with Crippen molar-refractivity contribution in [1.82, 2.24) is 0 Å². The van der Waals surface area contributed by atoms with Gasteiger partial charge in [0.2, 0.25) is 0 Å². The standard InChI is InChI=1S/C14H12ClFO2/c15-12-3-1-2-11(6-12)9-18-14-5-4-10(8-17)7-13(14)16/h1-7,17H,8-9H2. The number of aliphatic hydroxyl groups is 1. The molecule has 0 aliphatic rings. The highest BCUT2D eigenvalue weighted by molar-refractivity contribution is 6.30. The molecule has 0 bridgehead atoms. The highest BCUT2D eigenvalue weighted by atomic mass is 35.5. The molecule has 0 radical (unpaired) electrons. The maximum Gasteiger partial charge on any atom is 0.165 e. The van der Waals surface area contributed by atoms with Gasteiger partial charge in [-0.25, -0.2) is 4.39 Å². The van der Waals surface area contributed by atoms with Crippen molar-refractivity contribution in [3.63, 3.8) is 0 Å². The average Bonchev–Trinajstić information content (AvgIpc) is 2.37. The first-order valence-corrected chi connectivity index (χ1v) is 5.83. The summed E-state index contributed by atoms with van der Waals surface area (Å²) >= 11 is 5.84. The number of ether oxygens (including phenoxy) is 1. The summed E-state index contributed by atoms with van der Waals surface area (Å²) in [6.45, 7) is 0.0570. The highest BCUT2D eigenvalue weighted by Gasteiger charge is 2.05. The molecule has 0 spiro atoms. The quantitative estimate of drug-likeness (QED) is 0.917. The van der Waals surface area contributed by atoms with Gasteiger partial charge in [0.05, 0.1) is 6.61 Å². The second-order valence-electron chi connectivity index (χ2n) is 3.84. The Hall–Kier alpha value is -1.58. The lowest BCUT2D eigenvalue weighted by Gasteiger charge is -2.08. The number of benzene rings is 2. The van der Waals surface area contributed by atoms with E-state index in [1.165, 1.54) is 12.1 Å². The Morgan fingerprint density at radius 1 is 1.11 bits per heavy atom. The molecule has 4 heteroatoms. The van der Waals surface area contributed by atoms with Crippen molar-refractivity contribution < 1.29 is 14.2 Å². The molecule has 2 rings (SSSR count). The normalized spacial score (nSPS) is 10.4. The molecule has 2 aromatic rings. The predicted octanol–water partition coefficient (Wildman–Crippen LogP) is 3.55. The fourth-order valence-corrected chi connectivity index (χ4v) is 1.76. The SMILES string of the molecule is OCc1ccc(OCc2cccc(Cl)c2)c(F)c1. The van der Waals surface area contributed by atoms with Crippen LogP contribution in [0.15, 0.2) is 42.5 Å². The van der Waals surface area contributed by atoms with Crippen molar-refractivity contribution in [3.8, 4) is 5.75 Å². The first-order valence-electron chi connectivity index (χ1n) is 5.45. The van der Waals surface area contributed by atoms with Gasteiger partial charge in [-0.1, -0.05) is 29.8 Å². The number of aliphatic hydroxyl groups excluding tert-OH is 1. The van der Waals surface area contributed by atoms with Crippen molar-refractivity contribution in [2.45, 2.75) is 13.2 Å². The van der Waals surface area contributed by atoms with Crippen LogP contribution in [0.4, 0.5) is 4.39 Å². The van der Waals surface area contributed by atoms with Crippen LogP contribution < -0.4 is 4.74 Å². The molecular weight excluding hydrogens is 255 g/mol. The van der Waals surface area contributed by atoms with Gasteiger partial charge in [-0.05, 0) is 35.4 Å². The van der Waals surface area contributed by atoms with E-state index in [1.807, 2.05) is 12.1 Å². The molecule has 0 saturated heterocycles. The van der Waals surface area contributed by atoms with Gasteiger partial charge in [-0.15, -0.1) is 0 Å². The van der Waals surface area contributed by atoms with Gasteiger partial charge in [0.1, 0.15) is 6.61 Å². The van der Waals surface area contributed by atoms with Crippen molar-refractivity contribution in [1.29, 1.82) is 0 Å². The molecule has 0 amide bonds. The monoisotopic (exact) mass is 266 g/mol. The number of halogens is 2. The smallest absolute Gasteiger partial charge is 0.165 e. The highest BCUT2D eigenvalue weighted by Crippen LogP contribution is 2.20. The summed E-state index contributed by atoms with van der Waals surface area (Å²) in [5.74, 6) is -0.323. The van der Waals surface area contributed by atoms with Crippen molar-refractivity contribution in [3.05, 3.63) is 64.4 Å². The summed E-state index contributed by atoms with van der Waals surface area (Å²) < 4.78 is 18.9. The van der Waals surface area contributed by atoms with Crippen LogP contribution >= 0.6 is 11.6 Å². The Balaban J connectivity index is 2.06. The minimum atomic E-state index is -0.483. The van der Waals surface area contributed by atoms with E-state index in [0.29, 0.717) is 10.6 Å². The zero-order valence-corrected chi connectivity index (χ0v) is 10.3. The summed E-state index contributed by atoms with van der Waals surface area (Å²) in [7, 11) is 0. The minimum absolute atomic E-state index is 0.159. The first kappa shape index (κ1) is 12.9. The molecule has 0 aliphatic carbocycles. The van der Waals surface area contributed by atoms with E-state index in [1.54, 1.807) is 18.2 Å². The van der Waals surface area contributed by atoms with Gasteiger partial charge in [0.25, 0.3) is 0 Å². The first-order chi connectivity index (χ1) is 8.69. The molecule has 2 nitrogen and oxygen atoms in total. The molecule has 0 aromatic heterocycles. The van der Waals surface area contributed by atoms with Crippen LogP contribution in [-0.4, -0.2) is 5.11 Å². The van der Waals surface area contributed by atoms with Crippen molar-refractivity contribution >= 4 is 11.6 Å². The summed E-state index contributed by atoms with van der Waals surface area (Å²) in [6.07, 6.45) is 0. The van der Waals surface area contributed by atoms with Crippen LogP contribution in [0.5, 0.6) is 5.75 Å². The van der Waals surface area contributed by atoms with Crippen LogP contribution in [0.1, 0.15) is 11.1 Å². The lowest BCUT2D eigenvalue weighted by atomic mass is 10.2. The van der Waals surface area contributed by atoms with E-state index in [2.05, 4.69) is 0 Å². The largest absolute Gasteiger partial charge is 0.486 e. The maximum atomic E-state index is 13.6. The lowest BCUT2D eigenvalue weighted by molar-refractivity contribution is 0.276. The van der Waals surface area contributed by atoms with Gasteiger partial charge in [-0.3, -0.25) is 0 Å². The van der Waals surface area contributed by atoms with Gasteiger partial charge in [0, 0.05) is 5.02 Å². The average molecular weight is 267 g/mol. The molecule has 0 fully saturated rings. The molecule has 0 heterocycles. The molecule has 0 saturated carbocycles. The third-order valence-electron chi connectivity index (χ3n) is 2.46. The van der Waals surface area contributed by atoms with Crippen molar-refractivity contribution in [2.75, 3.05) is 0 Å². The molecule has 1 N–H and O–H groups in total. The number of hydrogen-bond acceptors (Lipinski definition) is 2. The molecule has 0 unspecified atom stereocenters. The van der Waals surface area contributed by atoms with Crippen LogP contribution in [0.2, 0.25) is 5.02 Å². The van der Waals surface area contributed by atoms with E-state index >= 15 is 0 Å². The van der Waals surface area contributed by atoms with Gasteiger partial charge in [0.15, 0.2) is 11.6 Å². The molecule has 0 atom stereocenters. The lowest BCUT2D eigenvalue weighted by Crippen LogP contribution is -1.98. The molecule has 2 aromatic carbocycles. The fourth-order valence-electron chi connectivity index (χ4n) is 1.55. The number of hydrogen-bond donors (Lipinski definition) is 1. The topological polar surface area (TPSA) is 29.5 Å². The Morgan fingerprint density at radius 2 is 1.94 bits per heavy atom. The Kier molecular flexibility index (Phi) is 4.18. The second-order valence-corrected chi connectivity index (χ2v) is 4.28. The van der Waals surface area contributed by atoms with Crippen LogP contribution in [-0.2, 0) is 13.2 Å². The zero-order valence-electron chi connectivity index (χ0n) is 9.57. The molecular formula is C14H12ClFO2. The van der Waals surface area contributed by atoms with Crippen LogP contribution in [0, 0.1) is 5.82 Å². The molecule has 94 valence electrons. The van der Waals surface area contributed by atoms with E-state index < -0.39 is 5.82 Å². The van der Waals surface area contributed by atoms with Crippen molar-refractivity contribution in [2.24, 2.45) is 0 Å². The summed E-state index contributed by atoms with van der Waals surface area (Å²) in [4.78, 5) is 0. The molecule has 0 aliphatic heterocycles. The van der Waals surface area contributed by atoms with Gasteiger partial charge >= 0.3 is 0 Å². The Bertz CT molecular complexity index is 543. The van der Waals surface area contributed by atoms with Gasteiger partial charge < -0.3 is 9.84 Å². The van der Waals surface area contributed by atoms with Gasteiger partial charge in [-0.2, -0.15) is 0 Å². The van der Waals surface area contributed by atoms with Crippen LogP contribution in [0.3, 0.4) is 0 Å². The fraction of sp³-hybridized carbons (Fsp3) is 0.143. The van der Waals surface area contributed by atoms with Crippen LogP contribution in [0.25, 0.3) is 0 Å².